The third-order valence-electron chi connectivity index (χ3n) is 7.17. The maximum Gasteiger partial charge on any atom is 0.325 e. The number of imide groups is 1. The Kier molecular flexibility index (Phi) is 7.03. The lowest BCUT2D eigenvalue weighted by atomic mass is 9.65. The standard InChI is InChI=1S/C20H34N4O3.ClH/c1-4-19(2,3)14-7-9-20(10-8-14)17(26)24(18(27)23-20)12-16(25)22-11-15(21)13-5-6-13;/h13-15H,4-12,21H2,1-3H3,(H,22,25)(H,23,27);1H. The zero-order valence-electron chi connectivity index (χ0n) is 17.3. The molecule has 7 nitrogen and oxygen atoms in total. The number of halogens is 1. The van der Waals surface area contributed by atoms with Gasteiger partial charge in [0.05, 0.1) is 0 Å². The van der Waals surface area contributed by atoms with E-state index in [-0.39, 0.29) is 42.2 Å². The first-order valence-electron chi connectivity index (χ1n) is 10.3. The molecule has 4 amide bonds. The number of rotatable bonds is 7. The van der Waals surface area contributed by atoms with Gasteiger partial charge in [0.2, 0.25) is 5.91 Å². The molecule has 1 heterocycles. The van der Waals surface area contributed by atoms with E-state index in [1.165, 1.54) is 0 Å². The summed E-state index contributed by atoms with van der Waals surface area (Å²) < 4.78 is 0. The van der Waals surface area contributed by atoms with Gasteiger partial charge in [-0.25, -0.2) is 4.79 Å². The van der Waals surface area contributed by atoms with E-state index in [4.69, 9.17) is 5.73 Å². The third-order valence-corrected chi connectivity index (χ3v) is 7.17. The van der Waals surface area contributed by atoms with Crippen LogP contribution < -0.4 is 16.4 Å². The summed E-state index contributed by atoms with van der Waals surface area (Å²) in [6.45, 7) is 6.91. The maximum absolute atomic E-state index is 12.9. The molecule has 160 valence electrons. The minimum absolute atomic E-state index is 0. The van der Waals surface area contributed by atoms with Crippen molar-refractivity contribution in [3.8, 4) is 0 Å². The van der Waals surface area contributed by atoms with Crippen molar-refractivity contribution in [1.82, 2.24) is 15.5 Å². The molecule has 3 rings (SSSR count). The van der Waals surface area contributed by atoms with Crippen molar-refractivity contribution in [2.45, 2.75) is 77.3 Å². The van der Waals surface area contributed by atoms with Crippen molar-refractivity contribution in [2.75, 3.05) is 13.1 Å². The van der Waals surface area contributed by atoms with Crippen LogP contribution in [0, 0.1) is 17.3 Å². The zero-order valence-corrected chi connectivity index (χ0v) is 18.1. The highest BCUT2D eigenvalue weighted by Gasteiger charge is 2.53. The summed E-state index contributed by atoms with van der Waals surface area (Å²) in [7, 11) is 0. The molecule has 1 unspecified atom stereocenters. The highest BCUT2D eigenvalue weighted by molar-refractivity contribution is 6.09. The molecule has 0 bridgehead atoms. The molecule has 28 heavy (non-hydrogen) atoms. The van der Waals surface area contributed by atoms with Crippen LogP contribution in [0.1, 0.15) is 65.7 Å². The lowest BCUT2D eigenvalue weighted by molar-refractivity contribution is -0.136. The van der Waals surface area contributed by atoms with Crippen LogP contribution in [-0.4, -0.2) is 47.4 Å². The Bertz CT molecular complexity index is 613. The molecule has 1 atom stereocenters. The molecule has 8 heteroatoms. The number of nitrogens with two attached hydrogens (primary N) is 1. The van der Waals surface area contributed by atoms with E-state index in [1.807, 2.05) is 0 Å². The number of nitrogens with zero attached hydrogens (tertiary/aromatic N) is 1. The van der Waals surface area contributed by atoms with E-state index in [9.17, 15) is 14.4 Å². The molecule has 1 spiro atoms. The number of urea groups is 1. The summed E-state index contributed by atoms with van der Waals surface area (Å²) in [5.74, 6) is 0.473. The summed E-state index contributed by atoms with van der Waals surface area (Å²) in [6, 6.07) is -0.490. The highest BCUT2D eigenvalue weighted by atomic mass is 35.5. The van der Waals surface area contributed by atoms with Crippen molar-refractivity contribution >= 4 is 30.3 Å². The van der Waals surface area contributed by atoms with E-state index < -0.39 is 11.6 Å². The first-order chi connectivity index (χ1) is 12.7. The number of amides is 4. The van der Waals surface area contributed by atoms with E-state index in [0.717, 1.165) is 37.0 Å². The molecule has 2 saturated carbocycles. The molecule has 1 aliphatic heterocycles. The molecule has 3 aliphatic rings. The summed E-state index contributed by atoms with van der Waals surface area (Å²) in [4.78, 5) is 38.6. The zero-order chi connectivity index (χ0) is 19.8. The van der Waals surface area contributed by atoms with Gasteiger partial charge >= 0.3 is 6.03 Å². The summed E-state index contributed by atoms with van der Waals surface area (Å²) >= 11 is 0. The van der Waals surface area contributed by atoms with Crippen LogP contribution in [0.2, 0.25) is 0 Å². The van der Waals surface area contributed by atoms with Gasteiger partial charge in [-0.3, -0.25) is 14.5 Å². The van der Waals surface area contributed by atoms with Crippen LogP contribution in [0.25, 0.3) is 0 Å². The van der Waals surface area contributed by atoms with Crippen LogP contribution in [0.5, 0.6) is 0 Å². The van der Waals surface area contributed by atoms with Gasteiger partial charge in [0.15, 0.2) is 0 Å². The van der Waals surface area contributed by atoms with Gasteiger partial charge < -0.3 is 16.4 Å². The largest absolute Gasteiger partial charge is 0.353 e. The van der Waals surface area contributed by atoms with Crippen molar-refractivity contribution < 1.29 is 14.4 Å². The normalized spacial score (nSPS) is 28.7. The molecule has 0 aromatic rings. The molecule has 3 fully saturated rings. The maximum atomic E-state index is 12.9. The lowest BCUT2D eigenvalue weighted by Crippen LogP contribution is -2.51. The van der Waals surface area contributed by atoms with E-state index in [0.29, 0.717) is 31.2 Å². The van der Waals surface area contributed by atoms with E-state index in [1.54, 1.807) is 0 Å². The van der Waals surface area contributed by atoms with E-state index in [2.05, 4.69) is 31.4 Å². The number of nitrogens with one attached hydrogen (secondary N) is 2. The van der Waals surface area contributed by atoms with Gasteiger partial charge in [0.25, 0.3) is 5.91 Å². The van der Waals surface area contributed by atoms with Gasteiger partial charge in [0, 0.05) is 12.6 Å². The third kappa shape index (κ3) is 4.62. The average molecular weight is 415 g/mol. The Labute approximate surface area is 173 Å². The Balaban J connectivity index is 0.00000280. The van der Waals surface area contributed by atoms with Gasteiger partial charge in [0.1, 0.15) is 12.1 Å². The van der Waals surface area contributed by atoms with Crippen molar-refractivity contribution in [3.63, 3.8) is 0 Å². The first kappa shape index (κ1) is 22.9. The second-order valence-corrected chi connectivity index (χ2v) is 9.33. The molecule has 1 saturated heterocycles. The fraction of sp³-hybridized carbons (Fsp3) is 0.850. The monoisotopic (exact) mass is 414 g/mol. The van der Waals surface area contributed by atoms with E-state index >= 15 is 0 Å². The highest BCUT2D eigenvalue weighted by Crippen LogP contribution is 2.45. The smallest absolute Gasteiger partial charge is 0.325 e. The molecule has 4 N–H and O–H groups in total. The van der Waals surface area contributed by atoms with Crippen molar-refractivity contribution in [1.29, 1.82) is 0 Å². The predicted molar refractivity (Wildman–Crippen MR) is 110 cm³/mol. The van der Waals surface area contributed by atoms with Gasteiger partial charge in [-0.1, -0.05) is 27.2 Å². The average Bonchev–Trinajstić information content (AvgIpc) is 3.46. The number of hydrogen-bond acceptors (Lipinski definition) is 4. The molecule has 0 radical (unpaired) electrons. The fourth-order valence-corrected chi connectivity index (χ4v) is 4.46. The Morgan fingerprint density at radius 3 is 2.43 bits per heavy atom. The van der Waals surface area contributed by atoms with Crippen LogP contribution in [0.15, 0.2) is 0 Å². The Morgan fingerprint density at radius 1 is 1.29 bits per heavy atom. The second-order valence-electron chi connectivity index (χ2n) is 9.33. The van der Waals surface area contributed by atoms with Crippen LogP contribution >= 0.6 is 12.4 Å². The first-order valence-corrected chi connectivity index (χ1v) is 10.3. The molecule has 2 aliphatic carbocycles. The minimum atomic E-state index is -0.817. The SMILES string of the molecule is CCC(C)(C)C1CCC2(CC1)NC(=O)N(CC(=O)NCC(N)C1CC1)C2=O.Cl. The summed E-state index contributed by atoms with van der Waals surface area (Å²) in [5.41, 5.74) is 5.41. The van der Waals surface area contributed by atoms with Gasteiger partial charge in [-0.15, -0.1) is 12.4 Å². The number of carbonyl (C=O) groups excluding carboxylic acids is 3. The Morgan fingerprint density at radius 2 is 1.89 bits per heavy atom. The van der Waals surface area contributed by atoms with Crippen LogP contribution in [-0.2, 0) is 9.59 Å². The topological polar surface area (TPSA) is 105 Å². The van der Waals surface area contributed by atoms with Gasteiger partial charge in [-0.05, 0) is 55.8 Å². The van der Waals surface area contributed by atoms with Crippen molar-refractivity contribution in [3.05, 3.63) is 0 Å². The molecule has 0 aromatic carbocycles. The summed E-state index contributed by atoms with van der Waals surface area (Å²) in [5, 5.41) is 5.65. The quantitative estimate of drug-likeness (QED) is 0.555. The van der Waals surface area contributed by atoms with Crippen molar-refractivity contribution in [2.24, 2.45) is 23.0 Å². The summed E-state index contributed by atoms with van der Waals surface area (Å²) in [6.07, 6.45) is 6.46. The minimum Gasteiger partial charge on any atom is -0.353 e. The lowest BCUT2D eigenvalue weighted by Gasteiger charge is -2.42. The number of carbonyl (C=O) groups is 3. The molecular formula is C20H35ClN4O3. The van der Waals surface area contributed by atoms with Crippen LogP contribution in [0.3, 0.4) is 0 Å². The van der Waals surface area contributed by atoms with Gasteiger partial charge in [-0.2, -0.15) is 0 Å². The fourth-order valence-electron chi connectivity index (χ4n) is 4.46. The Hall–Kier alpha value is -1.34. The second kappa shape index (κ2) is 8.57. The number of hydrogen-bond donors (Lipinski definition) is 3. The molecule has 0 aromatic heterocycles. The predicted octanol–water partition coefficient (Wildman–Crippen LogP) is 2.18. The van der Waals surface area contributed by atoms with Crippen LogP contribution in [0.4, 0.5) is 4.79 Å². The molecular weight excluding hydrogens is 380 g/mol.